The molecule has 0 saturated carbocycles. The standard InChI is InChI=1S/C17H17NO/c1-12-4-2-5-13(10-12)14-8-9-16-15(11-14)6-3-7-17(16)18-19/h2,4-5,8-11,19H,3,6-7H2,1H3. The SMILES string of the molecule is Cc1cccc(-c2ccc3c(c2)CCCC3=NO)c1. The molecule has 0 unspecified atom stereocenters. The van der Waals surface area contributed by atoms with Crippen molar-refractivity contribution < 1.29 is 5.21 Å². The zero-order chi connectivity index (χ0) is 13.2. The molecule has 3 rings (SSSR count). The van der Waals surface area contributed by atoms with Gasteiger partial charge in [0.25, 0.3) is 0 Å². The number of benzene rings is 2. The van der Waals surface area contributed by atoms with E-state index in [-0.39, 0.29) is 0 Å². The quantitative estimate of drug-likeness (QED) is 0.598. The number of nitrogens with zero attached hydrogens (tertiary/aromatic N) is 1. The van der Waals surface area contributed by atoms with Crippen LogP contribution in [0.25, 0.3) is 11.1 Å². The van der Waals surface area contributed by atoms with E-state index in [9.17, 15) is 0 Å². The summed E-state index contributed by atoms with van der Waals surface area (Å²) in [6.45, 7) is 2.11. The Hall–Kier alpha value is -2.09. The van der Waals surface area contributed by atoms with E-state index in [1.165, 1.54) is 22.3 Å². The van der Waals surface area contributed by atoms with E-state index in [0.717, 1.165) is 30.5 Å². The monoisotopic (exact) mass is 251 g/mol. The van der Waals surface area contributed by atoms with E-state index in [1.807, 2.05) is 0 Å². The lowest BCUT2D eigenvalue weighted by Crippen LogP contribution is -2.11. The van der Waals surface area contributed by atoms with E-state index in [4.69, 9.17) is 5.21 Å². The van der Waals surface area contributed by atoms with Crippen molar-refractivity contribution in [1.29, 1.82) is 0 Å². The fourth-order valence-electron chi connectivity index (χ4n) is 2.77. The van der Waals surface area contributed by atoms with Gasteiger partial charge in [0, 0.05) is 5.56 Å². The molecule has 0 atom stereocenters. The molecule has 0 aromatic heterocycles. The highest BCUT2D eigenvalue weighted by Gasteiger charge is 2.16. The van der Waals surface area contributed by atoms with Gasteiger partial charge in [-0.1, -0.05) is 53.2 Å². The molecule has 2 aromatic carbocycles. The first-order valence-corrected chi connectivity index (χ1v) is 6.69. The Labute approximate surface area is 113 Å². The number of aryl methyl sites for hydroxylation is 2. The van der Waals surface area contributed by atoms with Crippen LogP contribution in [0.1, 0.15) is 29.5 Å². The summed E-state index contributed by atoms with van der Waals surface area (Å²) < 4.78 is 0. The molecule has 0 amide bonds. The van der Waals surface area contributed by atoms with Crippen LogP contribution in [0.3, 0.4) is 0 Å². The molecule has 0 bridgehead atoms. The minimum atomic E-state index is 0.817. The van der Waals surface area contributed by atoms with Crippen LogP contribution in [0.4, 0.5) is 0 Å². The Bertz CT molecular complexity index is 643. The third-order valence-electron chi connectivity index (χ3n) is 3.75. The lowest BCUT2D eigenvalue weighted by atomic mass is 9.87. The van der Waals surface area contributed by atoms with E-state index in [2.05, 4.69) is 54.5 Å². The van der Waals surface area contributed by atoms with Crippen LogP contribution in [0.15, 0.2) is 47.6 Å². The highest BCUT2D eigenvalue weighted by atomic mass is 16.4. The third-order valence-corrected chi connectivity index (χ3v) is 3.75. The maximum absolute atomic E-state index is 9.05. The van der Waals surface area contributed by atoms with Crippen molar-refractivity contribution in [3.8, 4) is 11.1 Å². The maximum atomic E-state index is 9.05. The van der Waals surface area contributed by atoms with E-state index >= 15 is 0 Å². The molecule has 0 saturated heterocycles. The lowest BCUT2D eigenvalue weighted by molar-refractivity contribution is 0.317. The first-order chi connectivity index (χ1) is 9.28. The van der Waals surface area contributed by atoms with Gasteiger partial charge in [-0.3, -0.25) is 0 Å². The van der Waals surface area contributed by atoms with Gasteiger partial charge in [0.1, 0.15) is 0 Å². The molecule has 1 aliphatic carbocycles. The van der Waals surface area contributed by atoms with E-state index in [0.29, 0.717) is 0 Å². The second-order valence-corrected chi connectivity index (χ2v) is 5.14. The Morgan fingerprint density at radius 1 is 1.00 bits per heavy atom. The summed E-state index contributed by atoms with van der Waals surface area (Å²) in [4.78, 5) is 0. The zero-order valence-corrected chi connectivity index (χ0v) is 11.1. The molecular formula is C17H17NO. The molecule has 0 radical (unpaired) electrons. The molecule has 0 fully saturated rings. The topological polar surface area (TPSA) is 32.6 Å². The van der Waals surface area contributed by atoms with Gasteiger partial charge in [-0.05, 0) is 42.9 Å². The van der Waals surface area contributed by atoms with Crippen molar-refractivity contribution in [3.05, 3.63) is 59.2 Å². The predicted octanol–water partition coefficient (Wildman–Crippen LogP) is 4.18. The van der Waals surface area contributed by atoms with Crippen molar-refractivity contribution in [2.75, 3.05) is 0 Å². The highest BCUT2D eigenvalue weighted by molar-refractivity contribution is 6.02. The fraction of sp³-hybridized carbons (Fsp3) is 0.235. The van der Waals surface area contributed by atoms with Crippen LogP contribution < -0.4 is 0 Å². The average Bonchev–Trinajstić information content (AvgIpc) is 2.46. The van der Waals surface area contributed by atoms with Gasteiger partial charge < -0.3 is 5.21 Å². The van der Waals surface area contributed by atoms with Gasteiger partial charge in [0.2, 0.25) is 0 Å². The number of rotatable bonds is 1. The molecule has 1 aliphatic rings. The second-order valence-electron chi connectivity index (χ2n) is 5.14. The first kappa shape index (κ1) is 12.0. The molecule has 1 N–H and O–H groups in total. The Morgan fingerprint density at radius 3 is 2.63 bits per heavy atom. The van der Waals surface area contributed by atoms with Gasteiger partial charge >= 0.3 is 0 Å². The van der Waals surface area contributed by atoms with Gasteiger partial charge in [-0.2, -0.15) is 0 Å². The molecule has 0 aliphatic heterocycles. The summed E-state index contributed by atoms with van der Waals surface area (Å²) in [6.07, 6.45) is 2.99. The largest absolute Gasteiger partial charge is 0.411 e. The van der Waals surface area contributed by atoms with Crippen LogP contribution in [-0.2, 0) is 6.42 Å². The molecule has 2 heteroatoms. The third kappa shape index (κ3) is 2.26. The molecule has 19 heavy (non-hydrogen) atoms. The van der Waals surface area contributed by atoms with Crippen LogP contribution in [0.2, 0.25) is 0 Å². The zero-order valence-electron chi connectivity index (χ0n) is 11.1. The van der Waals surface area contributed by atoms with Crippen LogP contribution in [0, 0.1) is 6.92 Å². The Morgan fingerprint density at radius 2 is 1.84 bits per heavy atom. The highest BCUT2D eigenvalue weighted by Crippen LogP contribution is 2.28. The van der Waals surface area contributed by atoms with Crippen LogP contribution in [-0.4, -0.2) is 10.9 Å². The van der Waals surface area contributed by atoms with E-state index in [1.54, 1.807) is 0 Å². The second kappa shape index (κ2) is 4.88. The number of fused-ring (bicyclic) bond motifs is 1. The van der Waals surface area contributed by atoms with Crippen LogP contribution in [0.5, 0.6) is 0 Å². The molecular weight excluding hydrogens is 234 g/mol. The predicted molar refractivity (Wildman–Crippen MR) is 77.9 cm³/mol. The van der Waals surface area contributed by atoms with Crippen molar-refractivity contribution in [2.45, 2.75) is 26.2 Å². The minimum absolute atomic E-state index is 0.817. The Kier molecular flexibility index (Phi) is 3.08. The number of oxime groups is 1. The summed E-state index contributed by atoms with van der Waals surface area (Å²) in [7, 11) is 0. The summed E-state index contributed by atoms with van der Waals surface area (Å²) >= 11 is 0. The van der Waals surface area contributed by atoms with Gasteiger partial charge in [-0.25, -0.2) is 0 Å². The number of hydrogen-bond donors (Lipinski definition) is 1. The smallest absolute Gasteiger partial charge is 0.0870 e. The van der Waals surface area contributed by atoms with Gasteiger partial charge in [0.05, 0.1) is 5.71 Å². The van der Waals surface area contributed by atoms with Crippen molar-refractivity contribution in [3.63, 3.8) is 0 Å². The number of hydrogen-bond acceptors (Lipinski definition) is 2. The summed E-state index contributed by atoms with van der Waals surface area (Å²) in [5.41, 5.74) is 6.96. The molecule has 0 heterocycles. The fourth-order valence-corrected chi connectivity index (χ4v) is 2.77. The van der Waals surface area contributed by atoms with E-state index < -0.39 is 0 Å². The van der Waals surface area contributed by atoms with Crippen molar-refractivity contribution in [1.82, 2.24) is 0 Å². The average molecular weight is 251 g/mol. The summed E-state index contributed by atoms with van der Waals surface area (Å²) in [5.74, 6) is 0. The van der Waals surface area contributed by atoms with Gasteiger partial charge in [-0.15, -0.1) is 0 Å². The van der Waals surface area contributed by atoms with Crippen molar-refractivity contribution in [2.24, 2.45) is 5.16 Å². The van der Waals surface area contributed by atoms with Gasteiger partial charge in [0.15, 0.2) is 0 Å². The molecule has 0 spiro atoms. The molecule has 2 aromatic rings. The maximum Gasteiger partial charge on any atom is 0.0870 e. The molecule has 96 valence electrons. The normalized spacial score (nSPS) is 16.4. The summed E-state index contributed by atoms with van der Waals surface area (Å²) in [5, 5.41) is 12.5. The minimum Gasteiger partial charge on any atom is -0.411 e. The van der Waals surface area contributed by atoms with Crippen molar-refractivity contribution >= 4 is 5.71 Å². The Balaban J connectivity index is 2.07. The summed E-state index contributed by atoms with van der Waals surface area (Å²) in [6, 6.07) is 15.0. The van der Waals surface area contributed by atoms with Crippen LogP contribution >= 0.6 is 0 Å². The lowest BCUT2D eigenvalue weighted by Gasteiger charge is -2.18. The first-order valence-electron chi connectivity index (χ1n) is 6.69. The molecule has 2 nitrogen and oxygen atoms in total.